The number of hydrogen-bond donors (Lipinski definition) is 2. The van der Waals surface area contributed by atoms with Crippen molar-refractivity contribution >= 4 is 35.6 Å². The molecule has 3 N–H and O–H groups in total. The number of likely N-dealkylation sites (N-methyl/N-ethyl adjacent to an activating group) is 1. The van der Waals surface area contributed by atoms with Crippen LogP contribution >= 0.6 is 24.0 Å². The van der Waals surface area contributed by atoms with E-state index in [-0.39, 0.29) is 41.7 Å². The Labute approximate surface area is 168 Å². The molecule has 1 atom stereocenters. The molecular formula is C16H25F3IN5O. The van der Waals surface area contributed by atoms with Gasteiger partial charge in [-0.2, -0.15) is 0 Å². The Kier molecular flexibility index (Phi) is 8.90. The Morgan fingerprint density at radius 1 is 1.23 bits per heavy atom. The van der Waals surface area contributed by atoms with Gasteiger partial charge in [-0.05, 0) is 38.2 Å². The molecule has 0 amide bonds. The zero-order valence-electron chi connectivity index (χ0n) is 14.8. The van der Waals surface area contributed by atoms with Gasteiger partial charge in [0.25, 0.3) is 0 Å². The molecule has 0 saturated carbocycles. The van der Waals surface area contributed by atoms with Gasteiger partial charge in [0, 0.05) is 37.9 Å². The van der Waals surface area contributed by atoms with Crippen LogP contribution in [0.2, 0.25) is 0 Å². The molecular weight excluding hydrogens is 462 g/mol. The van der Waals surface area contributed by atoms with Crippen LogP contribution in [-0.2, 0) is 0 Å². The van der Waals surface area contributed by atoms with Gasteiger partial charge in [-0.25, -0.2) is 0 Å². The number of halogens is 4. The van der Waals surface area contributed by atoms with Crippen molar-refractivity contribution in [2.45, 2.75) is 19.3 Å². The van der Waals surface area contributed by atoms with E-state index in [4.69, 9.17) is 5.73 Å². The molecule has 1 aliphatic heterocycles. The third-order valence-electron chi connectivity index (χ3n) is 4.05. The summed E-state index contributed by atoms with van der Waals surface area (Å²) in [5.41, 5.74) is 6.39. The molecule has 148 valence electrons. The molecule has 1 aromatic rings. The lowest BCUT2D eigenvalue weighted by atomic mass is 10.2. The van der Waals surface area contributed by atoms with Crippen molar-refractivity contribution in [2.75, 3.05) is 45.1 Å². The summed E-state index contributed by atoms with van der Waals surface area (Å²) in [6.45, 7) is 6.73. The third kappa shape index (κ3) is 7.96. The number of nitrogens with one attached hydrogen (secondary N) is 1. The third-order valence-corrected chi connectivity index (χ3v) is 4.05. The summed E-state index contributed by atoms with van der Waals surface area (Å²) in [4.78, 5) is 8.96. The first kappa shape index (κ1) is 22.8. The Balaban J connectivity index is 0.00000338. The van der Waals surface area contributed by atoms with E-state index < -0.39 is 6.36 Å². The number of nitrogens with two attached hydrogens (primary N) is 1. The largest absolute Gasteiger partial charge is 0.573 e. The summed E-state index contributed by atoms with van der Waals surface area (Å²) in [5, 5.41) is 2.86. The van der Waals surface area contributed by atoms with E-state index in [9.17, 15) is 13.2 Å². The first-order chi connectivity index (χ1) is 11.7. The smallest absolute Gasteiger partial charge is 0.406 e. The van der Waals surface area contributed by atoms with Crippen molar-refractivity contribution in [3.05, 3.63) is 24.3 Å². The first-order valence-electron chi connectivity index (χ1n) is 8.08. The van der Waals surface area contributed by atoms with Crippen molar-refractivity contribution in [2.24, 2.45) is 10.7 Å². The van der Waals surface area contributed by atoms with Gasteiger partial charge in [-0.1, -0.05) is 0 Å². The van der Waals surface area contributed by atoms with Crippen molar-refractivity contribution < 1.29 is 17.9 Å². The zero-order chi connectivity index (χ0) is 18.4. The minimum Gasteiger partial charge on any atom is -0.406 e. The summed E-state index contributed by atoms with van der Waals surface area (Å²) < 4.78 is 40.2. The molecule has 1 heterocycles. The SMILES string of the molecule is CC(CN=C(N)Nc1ccc(OC(F)(F)F)cc1)N1CCN(C)CC1.I. The van der Waals surface area contributed by atoms with Crippen LogP contribution in [0.5, 0.6) is 5.75 Å². The minimum absolute atomic E-state index is 0. The molecule has 1 aliphatic rings. The first-order valence-corrected chi connectivity index (χ1v) is 8.08. The highest BCUT2D eigenvalue weighted by molar-refractivity contribution is 14.0. The number of alkyl halides is 3. The van der Waals surface area contributed by atoms with Crippen LogP contribution in [0.4, 0.5) is 18.9 Å². The summed E-state index contributed by atoms with van der Waals surface area (Å²) >= 11 is 0. The molecule has 0 bridgehead atoms. The average molecular weight is 487 g/mol. The number of benzene rings is 1. The highest BCUT2D eigenvalue weighted by Gasteiger charge is 2.30. The van der Waals surface area contributed by atoms with E-state index in [0.29, 0.717) is 12.2 Å². The number of anilines is 1. The predicted molar refractivity (Wildman–Crippen MR) is 107 cm³/mol. The van der Waals surface area contributed by atoms with Crippen LogP contribution in [0.25, 0.3) is 0 Å². The fourth-order valence-electron chi connectivity index (χ4n) is 2.54. The van der Waals surface area contributed by atoms with Gasteiger partial charge in [0.05, 0.1) is 6.54 Å². The second-order valence-corrected chi connectivity index (χ2v) is 6.11. The molecule has 1 fully saturated rings. The molecule has 2 rings (SSSR count). The quantitative estimate of drug-likeness (QED) is 0.380. The number of rotatable bonds is 5. The highest BCUT2D eigenvalue weighted by atomic mass is 127. The maximum Gasteiger partial charge on any atom is 0.573 e. The van der Waals surface area contributed by atoms with Gasteiger partial charge >= 0.3 is 6.36 Å². The maximum absolute atomic E-state index is 12.1. The number of aliphatic imine (C=N–C) groups is 1. The Bertz CT molecular complexity index is 574. The Hall–Kier alpha value is -1.27. The number of piperazine rings is 1. The number of ether oxygens (including phenoxy) is 1. The van der Waals surface area contributed by atoms with Crippen LogP contribution in [0.15, 0.2) is 29.3 Å². The Morgan fingerprint density at radius 3 is 2.35 bits per heavy atom. The van der Waals surface area contributed by atoms with Gasteiger partial charge in [0.1, 0.15) is 5.75 Å². The molecule has 0 aliphatic carbocycles. The second-order valence-electron chi connectivity index (χ2n) is 6.11. The van der Waals surface area contributed by atoms with Gasteiger partial charge in [-0.15, -0.1) is 37.1 Å². The fourth-order valence-corrected chi connectivity index (χ4v) is 2.54. The van der Waals surface area contributed by atoms with E-state index in [1.54, 1.807) is 0 Å². The lowest BCUT2D eigenvalue weighted by Gasteiger charge is -2.35. The topological polar surface area (TPSA) is 66.1 Å². The molecule has 1 unspecified atom stereocenters. The highest BCUT2D eigenvalue weighted by Crippen LogP contribution is 2.23. The van der Waals surface area contributed by atoms with E-state index in [2.05, 4.69) is 38.8 Å². The van der Waals surface area contributed by atoms with E-state index in [1.807, 2.05) is 0 Å². The van der Waals surface area contributed by atoms with Crippen LogP contribution in [0.1, 0.15) is 6.92 Å². The standard InChI is InChI=1S/C16H24F3N5O.HI/c1-12(24-9-7-23(2)8-10-24)11-21-15(20)22-13-3-5-14(6-4-13)25-16(17,18)19;/h3-6,12H,7-11H2,1-2H3,(H3,20,21,22);1H. The summed E-state index contributed by atoms with van der Waals surface area (Å²) in [7, 11) is 2.10. The van der Waals surface area contributed by atoms with Crippen molar-refractivity contribution in [3.63, 3.8) is 0 Å². The van der Waals surface area contributed by atoms with Crippen LogP contribution in [-0.4, -0.2) is 67.9 Å². The van der Waals surface area contributed by atoms with E-state index >= 15 is 0 Å². The maximum atomic E-state index is 12.1. The van der Waals surface area contributed by atoms with E-state index in [1.165, 1.54) is 24.3 Å². The predicted octanol–water partition coefficient (Wildman–Crippen LogP) is 2.57. The molecule has 10 heteroatoms. The summed E-state index contributed by atoms with van der Waals surface area (Å²) in [5.74, 6) is -0.0530. The van der Waals surface area contributed by atoms with Gasteiger partial charge in [0.2, 0.25) is 0 Å². The molecule has 1 saturated heterocycles. The molecule has 6 nitrogen and oxygen atoms in total. The number of nitrogens with zero attached hydrogens (tertiary/aromatic N) is 3. The number of guanidine groups is 1. The molecule has 0 spiro atoms. The van der Waals surface area contributed by atoms with Crippen LogP contribution in [0.3, 0.4) is 0 Å². The number of hydrogen-bond acceptors (Lipinski definition) is 4. The second kappa shape index (κ2) is 10.2. The Morgan fingerprint density at radius 2 is 1.81 bits per heavy atom. The lowest BCUT2D eigenvalue weighted by molar-refractivity contribution is -0.274. The minimum atomic E-state index is -4.70. The van der Waals surface area contributed by atoms with Crippen molar-refractivity contribution in [3.8, 4) is 5.75 Å². The monoisotopic (exact) mass is 487 g/mol. The molecule has 1 aromatic carbocycles. The lowest BCUT2D eigenvalue weighted by Crippen LogP contribution is -2.49. The molecule has 26 heavy (non-hydrogen) atoms. The van der Waals surface area contributed by atoms with Crippen molar-refractivity contribution in [1.82, 2.24) is 9.80 Å². The normalized spacial score (nSPS) is 18.1. The van der Waals surface area contributed by atoms with Crippen molar-refractivity contribution in [1.29, 1.82) is 0 Å². The molecule has 0 aromatic heterocycles. The van der Waals surface area contributed by atoms with Crippen LogP contribution in [0, 0.1) is 0 Å². The summed E-state index contributed by atoms with van der Waals surface area (Å²) in [6, 6.07) is 5.61. The van der Waals surface area contributed by atoms with Crippen LogP contribution < -0.4 is 15.8 Å². The fraction of sp³-hybridized carbons (Fsp3) is 0.562. The molecule has 0 radical (unpaired) electrons. The zero-order valence-corrected chi connectivity index (χ0v) is 17.1. The summed E-state index contributed by atoms with van der Waals surface area (Å²) in [6.07, 6.45) is -4.70. The average Bonchev–Trinajstić information content (AvgIpc) is 2.54. The van der Waals surface area contributed by atoms with Gasteiger partial charge < -0.3 is 20.7 Å². The van der Waals surface area contributed by atoms with E-state index in [0.717, 1.165) is 26.2 Å². The van der Waals surface area contributed by atoms with Gasteiger partial charge in [-0.3, -0.25) is 9.89 Å². The van der Waals surface area contributed by atoms with Gasteiger partial charge in [0.15, 0.2) is 5.96 Å².